The molecule has 2 aliphatic rings. The molecule has 0 radical (unpaired) electrons. The van der Waals surface area contributed by atoms with Crippen LogP contribution >= 0.6 is 0 Å². The summed E-state index contributed by atoms with van der Waals surface area (Å²) in [5.41, 5.74) is -0.259. The van der Waals surface area contributed by atoms with Gasteiger partial charge in [-0.3, -0.25) is 14.4 Å². The second-order valence-corrected chi connectivity index (χ2v) is 6.22. The van der Waals surface area contributed by atoms with Crippen molar-refractivity contribution >= 4 is 28.5 Å². The molecular weight excluding hydrogens is 320 g/mol. The zero-order valence-electron chi connectivity index (χ0n) is 13.2. The molecule has 1 atom stereocenters. The van der Waals surface area contributed by atoms with Gasteiger partial charge in [0.1, 0.15) is 5.58 Å². The Balaban J connectivity index is 1.96. The highest BCUT2D eigenvalue weighted by Crippen LogP contribution is 2.46. The van der Waals surface area contributed by atoms with Crippen molar-refractivity contribution in [2.45, 2.75) is 5.54 Å². The number of benzene rings is 2. The number of likely N-dealkylation sites (N-methyl/N-ethyl adjacent to an activating group) is 1. The van der Waals surface area contributed by atoms with Crippen molar-refractivity contribution in [1.29, 1.82) is 0 Å². The van der Waals surface area contributed by atoms with E-state index in [1.165, 1.54) is 4.90 Å². The van der Waals surface area contributed by atoms with E-state index in [-0.39, 0.29) is 22.7 Å². The van der Waals surface area contributed by atoms with Crippen LogP contribution in [0.1, 0.15) is 21.7 Å². The molecule has 2 aliphatic heterocycles. The van der Waals surface area contributed by atoms with E-state index in [2.05, 4.69) is 5.32 Å². The number of amides is 2. The molecule has 0 saturated carbocycles. The summed E-state index contributed by atoms with van der Waals surface area (Å²) >= 11 is 0. The highest BCUT2D eigenvalue weighted by molar-refractivity contribution is 6.16. The second kappa shape index (κ2) is 4.36. The van der Waals surface area contributed by atoms with Gasteiger partial charge in [-0.05, 0) is 18.2 Å². The average molecular weight is 332 g/mol. The van der Waals surface area contributed by atoms with Gasteiger partial charge in [0.2, 0.25) is 5.76 Å². The standard InChI is InChI=1S/C19H12N2O4/c1-21-12-8-4-3-7-11(12)19(18(21)24)14-15(22)10-6-2-5-9-13(10)25-16(14)17(23)20-19/h2-9H,1H3,(H,20,23)/t19-/m0/s1. The summed E-state index contributed by atoms with van der Waals surface area (Å²) in [4.78, 5) is 40.3. The Morgan fingerprint density at radius 2 is 1.72 bits per heavy atom. The summed E-state index contributed by atoms with van der Waals surface area (Å²) < 4.78 is 5.70. The number of hydrogen-bond acceptors (Lipinski definition) is 4. The first-order chi connectivity index (χ1) is 12.1. The van der Waals surface area contributed by atoms with Crippen LogP contribution in [0.5, 0.6) is 0 Å². The molecule has 0 aliphatic carbocycles. The minimum atomic E-state index is -1.53. The van der Waals surface area contributed by atoms with Gasteiger partial charge in [-0.15, -0.1) is 0 Å². The molecule has 3 heterocycles. The largest absolute Gasteiger partial charge is 0.450 e. The van der Waals surface area contributed by atoms with E-state index in [1.807, 2.05) is 6.07 Å². The van der Waals surface area contributed by atoms with Gasteiger partial charge >= 0.3 is 0 Å². The van der Waals surface area contributed by atoms with Crippen LogP contribution in [0.15, 0.2) is 57.7 Å². The molecule has 0 bridgehead atoms. The van der Waals surface area contributed by atoms with E-state index in [0.717, 1.165) is 0 Å². The molecule has 6 heteroatoms. The predicted molar refractivity (Wildman–Crippen MR) is 90.6 cm³/mol. The lowest BCUT2D eigenvalue weighted by Gasteiger charge is -2.22. The number of hydrogen-bond donors (Lipinski definition) is 1. The maximum absolute atomic E-state index is 13.2. The van der Waals surface area contributed by atoms with Gasteiger partial charge in [0, 0.05) is 18.3 Å². The molecule has 6 nitrogen and oxygen atoms in total. The van der Waals surface area contributed by atoms with Gasteiger partial charge in [0.15, 0.2) is 11.0 Å². The lowest BCUT2D eigenvalue weighted by molar-refractivity contribution is -0.122. The van der Waals surface area contributed by atoms with Crippen LogP contribution in [-0.4, -0.2) is 18.9 Å². The Kier molecular flexibility index (Phi) is 2.44. The maximum Gasteiger partial charge on any atom is 0.288 e. The summed E-state index contributed by atoms with van der Waals surface area (Å²) in [6.07, 6.45) is 0. The number of fused-ring (bicyclic) bond motifs is 5. The number of para-hydroxylation sites is 2. The van der Waals surface area contributed by atoms with E-state index in [4.69, 9.17) is 4.42 Å². The van der Waals surface area contributed by atoms with E-state index < -0.39 is 11.4 Å². The van der Waals surface area contributed by atoms with Gasteiger partial charge < -0.3 is 14.6 Å². The van der Waals surface area contributed by atoms with Crippen molar-refractivity contribution in [3.05, 3.63) is 75.6 Å². The first-order valence-corrected chi connectivity index (χ1v) is 7.82. The van der Waals surface area contributed by atoms with Crippen LogP contribution in [0.2, 0.25) is 0 Å². The normalized spacial score (nSPS) is 20.9. The Hall–Kier alpha value is -3.41. The molecule has 122 valence electrons. The Labute approximate surface area is 141 Å². The highest BCUT2D eigenvalue weighted by atomic mass is 16.3. The van der Waals surface area contributed by atoms with Crippen molar-refractivity contribution in [2.75, 3.05) is 11.9 Å². The van der Waals surface area contributed by atoms with Gasteiger partial charge in [-0.25, -0.2) is 0 Å². The fraction of sp³-hybridized carbons (Fsp3) is 0.105. The third kappa shape index (κ3) is 1.47. The summed E-state index contributed by atoms with van der Waals surface area (Å²) in [6, 6.07) is 13.8. The molecule has 0 unspecified atom stereocenters. The molecule has 3 aromatic rings. The van der Waals surface area contributed by atoms with Crippen molar-refractivity contribution < 1.29 is 14.0 Å². The fourth-order valence-corrected chi connectivity index (χ4v) is 3.85. The quantitative estimate of drug-likeness (QED) is 0.680. The van der Waals surface area contributed by atoms with Crippen LogP contribution in [0.25, 0.3) is 11.0 Å². The number of anilines is 1. The second-order valence-electron chi connectivity index (χ2n) is 6.22. The molecule has 1 N–H and O–H groups in total. The highest BCUT2D eigenvalue weighted by Gasteiger charge is 2.59. The topological polar surface area (TPSA) is 79.6 Å². The fourth-order valence-electron chi connectivity index (χ4n) is 3.85. The molecular formula is C19H12N2O4. The van der Waals surface area contributed by atoms with Crippen molar-refractivity contribution in [1.82, 2.24) is 5.32 Å². The number of nitrogens with one attached hydrogen (secondary N) is 1. The van der Waals surface area contributed by atoms with E-state index in [9.17, 15) is 14.4 Å². The summed E-state index contributed by atoms with van der Waals surface area (Å²) in [6.45, 7) is 0. The zero-order chi connectivity index (χ0) is 17.3. The first kappa shape index (κ1) is 14.0. The van der Waals surface area contributed by atoms with Gasteiger partial charge in [-0.2, -0.15) is 0 Å². The molecule has 2 amide bonds. The van der Waals surface area contributed by atoms with Gasteiger partial charge in [0.05, 0.1) is 10.9 Å². The zero-order valence-corrected chi connectivity index (χ0v) is 13.2. The minimum Gasteiger partial charge on any atom is -0.450 e. The summed E-state index contributed by atoms with van der Waals surface area (Å²) in [5, 5.41) is 3.07. The number of carbonyl (C=O) groups excluding carboxylic acids is 2. The SMILES string of the molecule is CN1C(=O)[C@]2(NC(=O)c3oc4ccccc4c(=O)c32)c2ccccc21. The van der Waals surface area contributed by atoms with Crippen molar-refractivity contribution in [2.24, 2.45) is 0 Å². The lowest BCUT2D eigenvalue weighted by atomic mass is 9.85. The minimum absolute atomic E-state index is 0.0676. The number of nitrogens with zero attached hydrogens (tertiary/aromatic N) is 1. The lowest BCUT2D eigenvalue weighted by Crippen LogP contribution is -2.50. The third-order valence-electron chi connectivity index (χ3n) is 4.97. The molecule has 1 aromatic heterocycles. The number of rotatable bonds is 0. The Bertz CT molecular complexity index is 1160. The molecule has 0 saturated heterocycles. The monoisotopic (exact) mass is 332 g/mol. The smallest absolute Gasteiger partial charge is 0.288 e. The molecule has 0 fully saturated rings. The van der Waals surface area contributed by atoms with E-state index in [1.54, 1.807) is 49.5 Å². The number of carbonyl (C=O) groups is 2. The average Bonchev–Trinajstić information content (AvgIpc) is 3.04. The van der Waals surface area contributed by atoms with Crippen LogP contribution in [-0.2, 0) is 10.3 Å². The Morgan fingerprint density at radius 3 is 2.56 bits per heavy atom. The van der Waals surface area contributed by atoms with E-state index >= 15 is 0 Å². The van der Waals surface area contributed by atoms with Crippen LogP contribution in [0.4, 0.5) is 5.69 Å². The van der Waals surface area contributed by atoms with Crippen molar-refractivity contribution in [3.8, 4) is 0 Å². The summed E-state index contributed by atoms with van der Waals surface area (Å²) in [7, 11) is 1.63. The maximum atomic E-state index is 13.2. The molecule has 1 spiro atoms. The molecule has 5 rings (SSSR count). The van der Waals surface area contributed by atoms with Crippen LogP contribution < -0.4 is 15.6 Å². The van der Waals surface area contributed by atoms with Gasteiger partial charge in [0.25, 0.3) is 11.8 Å². The molecule has 25 heavy (non-hydrogen) atoms. The van der Waals surface area contributed by atoms with Gasteiger partial charge in [-0.1, -0.05) is 30.3 Å². The van der Waals surface area contributed by atoms with Crippen LogP contribution in [0.3, 0.4) is 0 Å². The Morgan fingerprint density at radius 1 is 1.00 bits per heavy atom. The predicted octanol–water partition coefficient (Wildman–Crippen LogP) is 1.76. The van der Waals surface area contributed by atoms with Crippen LogP contribution in [0, 0.1) is 0 Å². The summed E-state index contributed by atoms with van der Waals surface area (Å²) in [5.74, 6) is -1.03. The third-order valence-corrected chi connectivity index (χ3v) is 4.97. The van der Waals surface area contributed by atoms with Crippen molar-refractivity contribution in [3.63, 3.8) is 0 Å². The van der Waals surface area contributed by atoms with E-state index in [0.29, 0.717) is 22.2 Å². The molecule has 2 aromatic carbocycles. The first-order valence-electron chi connectivity index (χ1n) is 7.82.